The van der Waals surface area contributed by atoms with Gasteiger partial charge in [-0.2, -0.15) is 4.99 Å². The highest BCUT2D eigenvalue weighted by molar-refractivity contribution is 8.13. The molecule has 6 nitrogen and oxygen atoms in total. The molecule has 0 radical (unpaired) electrons. The number of benzene rings is 1. The molecule has 0 spiro atoms. The summed E-state index contributed by atoms with van der Waals surface area (Å²) in [7, 11) is 4.33. The van der Waals surface area contributed by atoms with Crippen LogP contribution in [-0.2, 0) is 0 Å². The van der Waals surface area contributed by atoms with Gasteiger partial charge in [0.15, 0.2) is 10.3 Å². The van der Waals surface area contributed by atoms with Gasteiger partial charge in [0.1, 0.15) is 0 Å². The molecule has 0 aromatic heterocycles. The summed E-state index contributed by atoms with van der Waals surface area (Å²) in [5.41, 5.74) is 13.6. The molecule has 156 valence electrons. The Balaban J connectivity index is 1.77. The van der Waals surface area contributed by atoms with E-state index >= 15 is 0 Å². The van der Waals surface area contributed by atoms with Crippen molar-refractivity contribution in [3.63, 3.8) is 0 Å². The molecule has 28 heavy (non-hydrogen) atoms. The number of thioether (sulfide) groups is 1. The molecule has 1 aromatic rings. The number of piperidine rings is 1. The number of amidine groups is 1. The van der Waals surface area contributed by atoms with E-state index in [9.17, 15) is 0 Å². The highest BCUT2D eigenvalue weighted by Crippen LogP contribution is 2.23. The van der Waals surface area contributed by atoms with Crippen molar-refractivity contribution < 1.29 is 0 Å². The minimum Gasteiger partial charge on any atom is -0.378 e. The van der Waals surface area contributed by atoms with Crippen molar-refractivity contribution in [1.29, 1.82) is 0 Å². The number of thiocarbonyl (C=S) groups is 1. The molecule has 0 bridgehead atoms. The van der Waals surface area contributed by atoms with Crippen LogP contribution >= 0.6 is 24.0 Å². The van der Waals surface area contributed by atoms with Crippen LogP contribution in [0.3, 0.4) is 0 Å². The van der Waals surface area contributed by atoms with Gasteiger partial charge in [-0.1, -0.05) is 18.2 Å². The topological polar surface area (TPSA) is 82.9 Å². The molecular formula is C20H34N6S2. The highest BCUT2D eigenvalue weighted by atomic mass is 32.2. The van der Waals surface area contributed by atoms with Crippen molar-refractivity contribution in [2.75, 3.05) is 49.7 Å². The summed E-state index contributed by atoms with van der Waals surface area (Å²) in [4.78, 5) is 9.04. The second-order valence-corrected chi connectivity index (χ2v) is 8.81. The van der Waals surface area contributed by atoms with Gasteiger partial charge in [-0.25, -0.2) is 0 Å². The molecule has 0 unspecified atom stereocenters. The molecule has 1 saturated heterocycles. The van der Waals surface area contributed by atoms with Crippen LogP contribution in [0, 0.1) is 0 Å². The quantitative estimate of drug-likeness (QED) is 0.257. The summed E-state index contributed by atoms with van der Waals surface area (Å²) >= 11 is 6.84. The predicted molar refractivity (Wildman–Crippen MR) is 129 cm³/mol. The smallest absolute Gasteiger partial charge is 0.199 e. The highest BCUT2D eigenvalue weighted by Gasteiger charge is 2.20. The van der Waals surface area contributed by atoms with Crippen molar-refractivity contribution in [2.45, 2.75) is 38.1 Å². The summed E-state index contributed by atoms with van der Waals surface area (Å²) < 4.78 is 0. The Kier molecular flexibility index (Phi) is 10.0. The predicted octanol–water partition coefficient (Wildman–Crippen LogP) is 3.09. The molecule has 8 heteroatoms. The van der Waals surface area contributed by atoms with Gasteiger partial charge in [0.05, 0.1) is 0 Å². The second kappa shape index (κ2) is 12.3. The van der Waals surface area contributed by atoms with Gasteiger partial charge < -0.3 is 26.6 Å². The normalized spacial score (nSPS) is 15.9. The van der Waals surface area contributed by atoms with Gasteiger partial charge >= 0.3 is 0 Å². The Bertz CT molecular complexity index is 624. The molecule has 2 rings (SSSR count). The van der Waals surface area contributed by atoms with Crippen LogP contribution < -0.4 is 21.7 Å². The Hall–Kier alpha value is -1.35. The van der Waals surface area contributed by atoms with Crippen molar-refractivity contribution >= 4 is 45.6 Å². The van der Waals surface area contributed by atoms with Crippen LogP contribution in [0.15, 0.2) is 29.3 Å². The lowest BCUT2D eigenvalue weighted by Gasteiger charge is -2.36. The molecule has 1 aliphatic heterocycles. The van der Waals surface area contributed by atoms with Crippen molar-refractivity contribution in [3.05, 3.63) is 24.3 Å². The first-order valence-electron chi connectivity index (χ1n) is 9.99. The maximum Gasteiger partial charge on any atom is 0.199 e. The average Bonchev–Trinajstić information content (AvgIpc) is 2.68. The second-order valence-electron chi connectivity index (χ2n) is 7.31. The number of nitrogens with zero attached hydrogens (tertiary/aromatic N) is 3. The van der Waals surface area contributed by atoms with E-state index in [1.54, 1.807) is 0 Å². The summed E-state index contributed by atoms with van der Waals surface area (Å²) in [6.07, 6.45) is 5.68. The van der Waals surface area contributed by atoms with E-state index in [2.05, 4.69) is 46.3 Å². The Morgan fingerprint density at radius 2 is 1.89 bits per heavy atom. The molecule has 0 aliphatic carbocycles. The van der Waals surface area contributed by atoms with Crippen molar-refractivity contribution in [3.8, 4) is 0 Å². The van der Waals surface area contributed by atoms with Crippen LogP contribution in [0.25, 0.3) is 0 Å². The van der Waals surface area contributed by atoms with Crippen LogP contribution in [0.5, 0.6) is 0 Å². The van der Waals surface area contributed by atoms with E-state index in [4.69, 9.17) is 23.7 Å². The minimum absolute atomic E-state index is 0.395. The van der Waals surface area contributed by atoms with E-state index in [-0.39, 0.29) is 0 Å². The van der Waals surface area contributed by atoms with Crippen molar-refractivity contribution in [2.24, 2.45) is 16.5 Å². The summed E-state index contributed by atoms with van der Waals surface area (Å²) in [5.74, 6) is 0.942. The fraction of sp³-hybridized carbons (Fsp3) is 0.600. The van der Waals surface area contributed by atoms with Crippen molar-refractivity contribution in [1.82, 2.24) is 4.90 Å². The fourth-order valence-corrected chi connectivity index (χ4v) is 4.27. The van der Waals surface area contributed by atoms with Gasteiger partial charge in [0.2, 0.25) is 0 Å². The summed E-state index contributed by atoms with van der Waals surface area (Å²) in [6, 6.07) is 9.06. The Morgan fingerprint density at radius 3 is 2.50 bits per heavy atom. The van der Waals surface area contributed by atoms with E-state index in [0.29, 0.717) is 16.3 Å². The molecule has 0 atom stereocenters. The number of unbranched alkanes of at least 4 members (excludes halogenated alkanes) is 2. The maximum absolute atomic E-state index is 5.95. The van der Waals surface area contributed by atoms with Gasteiger partial charge in [-0.15, -0.1) is 0 Å². The van der Waals surface area contributed by atoms with E-state index in [0.717, 1.165) is 50.3 Å². The largest absolute Gasteiger partial charge is 0.378 e. The minimum atomic E-state index is 0.395. The molecule has 0 amide bonds. The molecule has 0 saturated carbocycles. The monoisotopic (exact) mass is 422 g/mol. The summed E-state index contributed by atoms with van der Waals surface area (Å²) in [5, 5.41) is 4.04. The van der Waals surface area contributed by atoms with Crippen LogP contribution in [-0.4, -0.2) is 60.7 Å². The zero-order chi connectivity index (χ0) is 20.4. The molecule has 1 heterocycles. The number of hydrogen-bond acceptors (Lipinski definition) is 5. The third-order valence-corrected chi connectivity index (χ3v) is 6.06. The van der Waals surface area contributed by atoms with E-state index in [1.165, 1.54) is 30.3 Å². The first-order valence-corrected chi connectivity index (χ1v) is 11.4. The third-order valence-electron chi connectivity index (χ3n) is 4.99. The molecule has 1 aliphatic rings. The Morgan fingerprint density at radius 1 is 1.21 bits per heavy atom. The van der Waals surface area contributed by atoms with Gasteiger partial charge in [0, 0.05) is 36.3 Å². The molecular weight excluding hydrogens is 388 g/mol. The third kappa shape index (κ3) is 7.95. The van der Waals surface area contributed by atoms with Gasteiger partial charge in [0.25, 0.3) is 0 Å². The maximum atomic E-state index is 5.95. The lowest BCUT2D eigenvalue weighted by molar-refractivity contribution is 0.249. The number of aliphatic imine (C=N–C) groups is 1. The SMILES string of the molecule is CN(C)C1CCN(c2ccc(NC(=S)/N=C(\N)SCCCCCN)cc2)CC1. The zero-order valence-electron chi connectivity index (χ0n) is 17.1. The lowest BCUT2D eigenvalue weighted by atomic mass is 10.0. The van der Waals surface area contributed by atoms with Crippen LogP contribution in [0.4, 0.5) is 11.4 Å². The number of hydrogen-bond donors (Lipinski definition) is 3. The summed E-state index contributed by atoms with van der Waals surface area (Å²) in [6.45, 7) is 2.93. The number of rotatable bonds is 8. The molecule has 1 fully saturated rings. The Labute approximate surface area is 179 Å². The van der Waals surface area contributed by atoms with E-state index < -0.39 is 0 Å². The lowest BCUT2D eigenvalue weighted by Crippen LogP contribution is -2.41. The standard InChI is InChI=1S/C20H34N6S2/c1-25(2)17-10-13-26(14-11-17)18-8-6-16(7-9-18)23-20(27)24-19(22)28-15-5-3-4-12-21/h6-9,17H,3-5,10-15,21H2,1-2H3,(H3,22,23,24,27). The number of nitrogens with two attached hydrogens (primary N) is 2. The zero-order valence-corrected chi connectivity index (χ0v) is 18.7. The number of anilines is 2. The molecule has 5 N–H and O–H groups in total. The number of nitrogens with one attached hydrogen (secondary N) is 1. The first kappa shape index (κ1) is 22.9. The van der Waals surface area contributed by atoms with E-state index in [1.807, 2.05) is 12.1 Å². The van der Waals surface area contributed by atoms with Gasteiger partial charge in [-0.05, 0) is 82.8 Å². The van der Waals surface area contributed by atoms with Gasteiger partial charge in [-0.3, -0.25) is 0 Å². The van der Waals surface area contributed by atoms with Crippen LogP contribution in [0.2, 0.25) is 0 Å². The molecule has 1 aromatic carbocycles. The van der Waals surface area contributed by atoms with Crippen LogP contribution in [0.1, 0.15) is 32.1 Å². The average molecular weight is 423 g/mol. The first-order chi connectivity index (χ1) is 13.5. The fourth-order valence-electron chi connectivity index (χ4n) is 3.28.